The molecule has 1 fully saturated rings. The summed E-state index contributed by atoms with van der Waals surface area (Å²) < 4.78 is 11.6. The summed E-state index contributed by atoms with van der Waals surface area (Å²) in [6.07, 6.45) is 12.1. The first kappa shape index (κ1) is 33.6. The number of rotatable bonds is 11. The van der Waals surface area contributed by atoms with Crippen LogP contribution in [-0.4, -0.2) is 92.0 Å². The number of piperazine rings is 1. The van der Waals surface area contributed by atoms with E-state index in [0.29, 0.717) is 47.3 Å². The van der Waals surface area contributed by atoms with Gasteiger partial charge in [-0.05, 0) is 88.2 Å². The van der Waals surface area contributed by atoms with Gasteiger partial charge in [0, 0.05) is 51.3 Å². The molecule has 3 aliphatic rings. The van der Waals surface area contributed by atoms with Gasteiger partial charge in [-0.3, -0.25) is 14.9 Å². The number of ether oxygens (including phenoxy) is 2. The second-order valence-corrected chi connectivity index (χ2v) is 12.2. The van der Waals surface area contributed by atoms with Gasteiger partial charge in [-0.1, -0.05) is 6.07 Å². The molecule has 0 aliphatic carbocycles. The molecule has 1 saturated heterocycles. The molecule has 4 amide bonds. The molecule has 248 valence electrons. The standard InChI is InChI=1S/C36H44N6O5/c1-26-13-16-30(32(23-26)47-22-10-6-7-12-34(43)41-19-17-39(3)18-20-41)40(4)35(44)28-14-15-29(31(24-28)46-5)38-36(45)42-21-9-8-11-33(42)37-27(2)25-42/h8-9,11,13-16,21,23-25H,6-7,10,12,17-20,22H2,1-5H3/p+1. The molecule has 0 aromatic heterocycles. The fourth-order valence-corrected chi connectivity index (χ4v) is 5.89. The van der Waals surface area contributed by atoms with Crippen LogP contribution in [0.15, 0.2) is 77.7 Å². The largest absolute Gasteiger partial charge is 0.495 e. The lowest BCUT2D eigenvalue weighted by Crippen LogP contribution is -2.49. The Bertz CT molecular complexity index is 1640. The van der Waals surface area contributed by atoms with Gasteiger partial charge in [-0.25, -0.2) is 4.79 Å². The van der Waals surface area contributed by atoms with Crippen molar-refractivity contribution >= 4 is 35.1 Å². The Morgan fingerprint density at radius 1 is 0.979 bits per heavy atom. The molecule has 2 aromatic carbocycles. The highest BCUT2D eigenvalue weighted by molar-refractivity contribution is 6.08. The number of allylic oxidation sites excluding steroid dienone is 3. The summed E-state index contributed by atoms with van der Waals surface area (Å²) in [4.78, 5) is 50.0. The summed E-state index contributed by atoms with van der Waals surface area (Å²) in [5.74, 6) is 1.55. The second-order valence-electron chi connectivity index (χ2n) is 12.2. The first-order chi connectivity index (χ1) is 22.6. The minimum atomic E-state index is -0.321. The van der Waals surface area contributed by atoms with Crippen LogP contribution in [0.4, 0.5) is 16.2 Å². The van der Waals surface area contributed by atoms with Gasteiger partial charge in [-0.2, -0.15) is 4.99 Å². The molecule has 11 heteroatoms. The van der Waals surface area contributed by atoms with E-state index in [2.05, 4.69) is 22.3 Å². The number of unbranched alkanes of at least 4 members (excludes halogenated alkanes) is 2. The normalized spacial score (nSPS) is 18.7. The number of hydrogen-bond acceptors (Lipinski definition) is 7. The zero-order valence-corrected chi connectivity index (χ0v) is 28.0. The molecule has 1 atom stereocenters. The molecule has 1 unspecified atom stereocenters. The fraction of sp³-hybridized carbons (Fsp3) is 0.389. The third kappa shape index (κ3) is 7.64. The molecule has 47 heavy (non-hydrogen) atoms. The van der Waals surface area contributed by atoms with Crippen molar-refractivity contribution in [3.63, 3.8) is 0 Å². The zero-order valence-electron chi connectivity index (χ0n) is 28.0. The minimum absolute atomic E-state index is 0.181. The number of carbonyl (C=O) groups is 3. The summed E-state index contributed by atoms with van der Waals surface area (Å²) >= 11 is 0. The number of aryl methyl sites for hydroxylation is 1. The summed E-state index contributed by atoms with van der Waals surface area (Å²) in [5, 5.41) is 2.95. The van der Waals surface area contributed by atoms with E-state index >= 15 is 0 Å². The van der Waals surface area contributed by atoms with Crippen LogP contribution >= 0.6 is 0 Å². The average molecular weight is 642 g/mol. The molecule has 0 bridgehead atoms. The lowest BCUT2D eigenvalue weighted by molar-refractivity contribution is -0.632. The van der Waals surface area contributed by atoms with Crippen molar-refractivity contribution in [2.45, 2.75) is 39.5 Å². The number of benzene rings is 2. The van der Waals surface area contributed by atoms with Gasteiger partial charge in [0.1, 0.15) is 23.9 Å². The molecule has 5 rings (SSSR count). The highest BCUT2D eigenvalue weighted by Crippen LogP contribution is 2.33. The van der Waals surface area contributed by atoms with Crippen LogP contribution in [0.2, 0.25) is 0 Å². The molecular formula is C36H45N6O5+. The van der Waals surface area contributed by atoms with Crippen molar-refractivity contribution < 1.29 is 28.3 Å². The molecule has 3 heterocycles. The highest BCUT2D eigenvalue weighted by atomic mass is 16.5. The van der Waals surface area contributed by atoms with Crippen LogP contribution in [0.1, 0.15) is 48.5 Å². The minimum Gasteiger partial charge on any atom is -0.495 e. The number of anilines is 2. The topological polar surface area (TPSA) is 104 Å². The van der Waals surface area contributed by atoms with Gasteiger partial charge in [-0.15, -0.1) is 4.48 Å². The SMILES string of the molecule is COc1cc(C(=O)N(C)c2ccc(C)cc2OCCCCCC(=O)N2CCN(C)CC2)ccc1NC(=O)[N+]12C=CC=CC1=NC(C)=C2. The number of urea groups is 1. The number of fused-ring (bicyclic) bond motifs is 1. The van der Waals surface area contributed by atoms with E-state index < -0.39 is 0 Å². The van der Waals surface area contributed by atoms with Crippen molar-refractivity contribution in [1.82, 2.24) is 9.80 Å². The van der Waals surface area contributed by atoms with Gasteiger partial charge in [0.2, 0.25) is 11.7 Å². The van der Waals surface area contributed by atoms with Crippen LogP contribution in [0, 0.1) is 6.92 Å². The molecule has 11 nitrogen and oxygen atoms in total. The second kappa shape index (κ2) is 14.8. The Morgan fingerprint density at radius 2 is 1.77 bits per heavy atom. The first-order valence-electron chi connectivity index (χ1n) is 16.1. The van der Waals surface area contributed by atoms with E-state index in [1.54, 1.807) is 42.5 Å². The monoisotopic (exact) mass is 641 g/mol. The van der Waals surface area contributed by atoms with Crippen LogP contribution in [0.25, 0.3) is 0 Å². The maximum absolute atomic E-state index is 13.7. The van der Waals surface area contributed by atoms with Crippen molar-refractivity contribution in [1.29, 1.82) is 0 Å². The Balaban J connectivity index is 1.19. The van der Waals surface area contributed by atoms with Crippen molar-refractivity contribution in [3.8, 4) is 11.5 Å². The Hall–Kier alpha value is -4.74. The van der Waals surface area contributed by atoms with E-state index in [0.717, 1.165) is 56.7 Å². The van der Waals surface area contributed by atoms with Crippen molar-refractivity contribution in [2.24, 2.45) is 4.99 Å². The number of amides is 4. The van der Waals surface area contributed by atoms with E-state index in [9.17, 15) is 14.4 Å². The molecule has 0 radical (unpaired) electrons. The fourth-order valence-electron chi connectivity index (χ4n) is 5.89. The van der Waals surface area contributed by atoms with Gasteiger partial charge in [0.05, 0.1) is 30.8 Å². The summed E-state index contributed by atoms with van der Waals surface area (Å²) in [6, 6.07) is 10.4. The summed E-state index contributed by atoms with van der Waals surface area (Å²) in [6.45, 7) is 7.78. The average Bonchev–Trinajstić information content (AvgIpc) is 3.43. The Labute approximate surface area is 277 Å². The number of carbonyl (C=O) groups excluding carboxylic acids is 3. The molecule has 1 N–H and O–H groups in total. The van der Waals surface area contributed by atoms with Crippen molar-refractivity contribution in [3.05, 3.63) is 83.9 Å². The predicted molar refractivity (Wildman–Crippen MR) is 184 cm³/mol. The smallest absolute Gasteiger partial charge is 0.436 e. The number of quaternary nitrogens is 1. The van der Waals surface area contributed by atoms with Crippen LogP contribution in [0.5, 0.6) is 11.5 Å². The highest BCUT2D eigenvalue weighted by Gasteiger charge is 2.43. The molecule has 0 spiro atoms. The van der Waals surface area contributed by atoms with E-state index in [1.165, 1.54) is 7.11 Å². The zero-order chi connectivity index (χ0) is 33.6. The number of methoxy groups -OCH3 is 1. The van der Waals surface area contributed by atoms with Gasteiger partial charge in [0.15, 0.2) is 0 Å². The van der Waals surface area contributed by atoms with Crippen molar-refractivity contribution in [2.75, 3.05) is 64.2 Å². The van der Waals surface area contributed by atoms with E-state index in [4.69, 9.17) is 9.47 Å². The predicted octanol–water partition coefficient (Wildman–Crippen LogP) is 5.70. The third-order valence-electron chi connectivity index (χ3n) is 8.69. The number of aliphatic imine (C=N–C) groups is 1. The molecular weight excluding hydrogens is 596 g/mol. The van der Waals surface area contributed by atoms with E-state index in [-0.39, 0.29) is 22.3 Å². The van der Waals surface area contributed by atoms with Gasteiger partial charge >= 0.3 is 6.03 Å². The Kier molecular flexibility index (Phi) is 10.6. The Morgan fingerprint density at radius 3 is 2.53 bits per heavy atom. The maximum atomic E-state index is 13.7. The summed E-state index contributed by atoms with van der Waals surface area (Å²) in [5.41, 5.74) is 3.24. The number of nitrogens with one attached hydrogen (secondary N) is 1. The number of amidine groups is 1. The van der Waals surface area contributed by atoms with Gasteiger partial charge in [0.25, 0.3) is 5.91 Å². The lowest BCUT2D eigenvalue weighted by Gasteiger charge is -2.32. The van der Waals surface area contributed by atoms with Crippen LogP contribution in [-0.2, 0) is 4.79 Å². The van der Waals surface area contributed by atoms with Crippen LogP contribution < -0.4 is 19.7 Å². The molecule has 0 saturated carbocycles. The maximum Gasteiger partial charge on any atom is 0.436 e. The number of nitrogens with zero attached hydrogens (tertiary/aromatic N) is 5. The lowest BCUT2D eigenvalue weighted by atomic mass is 10.1. The number of likely N-dealkylation sites (N-methyl/N-ethyl adjacent to an activating group) is 1. The van der Waals surface area contributed by atoms with Gasteiger partial charge < -0.3 is 24.2 Å². The first-order valence-corrected chi connectivity index (χ1v) is 16.1. The van der Waals surface area contributed by atoms with Crippen LogP contribution in [0.3, 0.4) is 0 Å². The quantitative estimate of drug-likeness (QED) is 0.250. The third-order valence-corrected chi connectivity index (χ3v) is 8.69. The summed E-state index contributed by atoms with van der Waals surface area (Å²) in [7, 11) is 5.29. The molecule has 3 aliphatic heterocycles. The van der Waals surface area contributed by atoms with E-state index in [1.807, 2.05) is 55.2 Å². The number of hydrogen-bond donors (Lipinski definition) is 1. The molecule has 2 aromatic rings.